The van der Waals surface area contributed by atoms with E-state index in [0.29, 0.717) is 5.69 Å². The van der Waals surface area contributed by atoms with Gasteiger partial charge < -0.3 is 4.74 Å². The molecule has 6 heteroatoms. The first kappa shape index (κ1) is 16.9. The Morgan fingerprint density at radius 2 is 1.64 bits per heavy atom. The van der Waals surface area contributed by atoms with Crippen LogP contribution in [0.4, 0.5) is 10.1 Å². The van der Waals surface area contributed by atoms with Crippen LogP contribution >= 0.6 is 0 Å². The molecule has 5 rings (SSSR count). The number of anilines is 1. The van der Waals surface area contributed by atoms with Crippen LogP contribution in [0.5, 0.6) is 5.75 Å². The monoisotopic (exact) mass is 377 g/mol. The molecule has 0 N–H and O–H groups in total. The highest BCUT2D eigenvalue weighted by molar-refractivity contribution is 6.22. The van der Waals surface area contributed by atoms with Crippen molar-refractivity contribution in [1.82, 2.24) is 0 Å². The number of imide groups is 1. The molecule has 0 unspecified atom stereocenters. The molecule has 140 valence electrons. The summed E-state index contributed by atoms with van der Waals surface area (Å²) in [4.78, 5) is 39.2. The van der Waals surface area contributed by atoms with Gasteiger partial charge in [0.2, 0.25) is 11.8 Å². The van der Waals surface area contributed by atoms with Crippen molar-refractivity contribution in [2.24, 2.45) is 23.7 Å². The summed E-state index contributed by atoms with van der Waals surface area (Å²) in [5.74, 6) is -2.13. The number of hydrogen-bond donors (Lipinski definition) is 0. The quantitative estimate of drug-likeness (QED) is 0.356. The maximum Gasteiger partial charge on any atom is 0.346 e. The minimum atomic E-state index is -0.839. The van der Waals surface area contributed by atoms with Gasteiger partial charge in [-0.3, -0.25) is 9.59 Å². The first-order valence-electron chi connectivity index (χ1n) is 9.17. The third-order valence-corrected chi connectivity index (χ3v) is 5.85. The summed E-state index contributed by atoms with van der Waals surface area (Å²) in [7, 11) is 0. The molecule has 2 fully saturated rings. The standard InChI is InChI=1S/C22H16FNO4/c23-17-7-2-1-6-16(17)22(27)28-15-5-3-4-14(11-15)24-20(25)18-12-8-9-13(10-12)19(18)21(24)26/h1-9,11-13,18-19H,10H2/t12-,13-,18-,19-/m0/s1. The second-order valence-corrected chi connectivity index (χ2v) is 7.38. The Morgan fingerprint density at radius 1 is 0.964 bits per heavy atom. The largest absolute Gasteiger partial charge is 0.423 e. The fourth-order valence-corrected chi connectivity index (χ4v) is 4.63. The molecule has 4 atom stereocenters. The molecule has 1 heterocycles. The summed E-state index contributed by atoms with van der Waals surface area (Å²) < 4.78 is 19.0. The second-order valence-electron chi connectivity index (χ2n) is 7.38. The molecule has 28 heavy (non-hydrogen) atoms. The Morgan fingerprint density at radius 3 is 2.32 bits per heavy atom. The van der Waals surface area contributed by atoms with E-state index in [-0.39, 0.29) is 46.8 Å². The van der Waals surface area contributed by atoms with Crippen LogP contribution in [0.25, 0.3) is 0 Å². The number of nitrogens with zero attached hydrogens (tertiary/aromatic N) is 1. The van der Waals surface area contributed by atoms with E-state index in [1.807, 2.05) is 12.2 Å². The van der Waals surface area contributed by atoms with E-state index in [2.05, 4.69) is 0 Å². The minimum absolute atomic E-state index is 0.124. The number of carbonyl (C=O) groups is 3. The lowest BCUT2D eigenvalue weighted by Crippen LogP contribution is -2.32. The molecule has 2 amide bonds. The Kier molecular flexibility index (Phi) is 3.69. The van der Waals surface area contributed by atoms with Gasteiger partial charge in [0.1, 0.15) is 11.6 Å². The van der Waals surface area contributed by atoms with Gasteiger partial charge in [-0.1, -0.05) is 30.4 Å². The van der Waals surface area contributed by atoms with E-state index >= 15 is 0 Å². The fraction of sp³-hybridized carbons (Fsp3) is 0.227. The summed E-state index contributed by atoms with van der Waals surface area (Å²) in [5.41, 5.74) is 0.182. The normalized spacial score (nSPS) is 27.4. The molecule has 2 aromatic carbocycles. The van der Waals surface area contributed by atoms with Gasteiger partial charge in [-0.2, -0.15) is 0 Å². The number of allylic oxidation sites excluding steroid dienone is 2. The number of benzene rings is 2. The molecule has 2 bridgehead atoms. The van der Waals surface area contributed by atoms with Gasteiger partial charge in [0, 0.05) is 6.07 Å². The Balaban J connectivity index is 1.41. The molecular weight excluding hydrogens is 361 g/mol. The van der Waals surface area contributed by atoms with Crippen LogP contribution in [-0.4, -0.2) is 17.8 Å². The number of amides is 2. The van der Waals surface area contributed by atoms with Gasteiger partial charge >= 0.3 is 5.97 Å². The average Bonchev–Trinajstić information content (AvgIpc) is 3.36. The van der Waals surface area contributed by atoms with Crippen LogP contribution in [0.2, 0.25) is 0 Å². The van der Waals surface area contributed by atoms with Crippen LogP contribution in [-0.2, 0) is 9.59 Å². The highest BCUT2D eigenvalue weighted by atomic mass is 19.1. The third-order valence-electron chi connectivity index (χ3n) is 5.85. The first-order valence-corrected chi connectivity index (χ1v) is 9.17. The van der Waals surface area contributed by atoms with Gasteiger partial charge in [-0.15, -0.1) is 0 Å². The molecular formula is C22H16FNO4. The van der Waals surface area contributed by atoms with Gasteiger partial charge in [0.15, 0.2) is 0 Å². The average molecular weight is 377 g/mol. The van der Waals surface area contributed by atoms with Crippen molar-refractivity contribution in [3.8, 4) is 5.75 Å². The zero-order valence-corrected chi connectivity index (χ0v) is 14.7. The molecule has 5 nitrogen and oxygen atoms in total. The first-order chi connectivity index (χ1) is 13.5. The molecule has 1 saturated heterocycles. The fourth-order valence-electron chi connectivity index (χ4n) is 4.63. The van der Waals surface area contributed by atoms with E-state index in [0.717, 1.165) is 6.42 Å². The van der Waals surface area contributed by atoms with Crippen molar-refractivity contribution < 1.29 is 23.5 Å². The number of halogens is 1. The Bertz CT molecular complexity index is 1020. The van der Waals surface area contributed by atoms with E-state index in [1.54, 1.807) is 18.2 Å². The predicted molar refractivity (Wildman–Crippen MR) is 98.0 cm³/mol. The number of hydrogen-bond acceptors (Lipinski definition) is 4. The zero-order valence-electron chi connectivity index (χ0n) is 14.7. The highest BCUT2D eigenvalue weighted by Crippen LogP contribution is 2.53. The summed E-state index contributed by atoms with van der Waals surface area (Å²) in [6.45, 7) is 0. The lowest BCUT2D eigenvalue weighted by atomic mass is 9.85. The summed E-state index contributed by atoms with van der Waals surface area (Å²) >= 11 is 0. The maximum atomic E-state index is 13.8. The van der Waals surface area contributed by atoms with Crippen molar-refractivity contribution in [3.05, 3.63) is 72.1 Å². The van der Waals surface area contributed by atoms with Gasteiger partial charge in [-0.25, -0.2) is 14.1 Å². The summed E-state index contributed by atoms with van der Waals surface area (Å²) in [6, 6.07) is 11.8. The zero-order chi connectivity index (χ0) is 19.4. The van der Waals surface area contributed by atoms with Gasteiger partial charge in [-0.05, 0) is 42.5 Å². The van der Waals surface area contributed by atoms with E-state index in [1.165, 1.54) is 35.2 Å². The van der Waals surface area contributed by atoms with Crippen molar-refractivity contribution in [1.29, 1.82) is 0 Å². The minimum Gasteiger partial charge on any atom is -0.423 e. The van der Waals surface area contributed by atoms with Crippen LogP contribution in [0.1, 0.15) is 16.8 Å². The highest BCUT2D eigenvalue weighted by Gasteiger charge is 2.59. The molecule has 2 aliphatic carbocycles. The molecule has 0 aromatic heterocycles. The van der Waals surface area contributed by atoms with Crippen molar-refractivity contribution >= 4 is 23.5 Å². The molecule has 0 radical (unpaired) electrons. The Hall–Kier alpha value is -3.28. The topological polar surface area (TPSA) is 63.7 Å². The lowest BCUT2D eigenvalue weighted by Gasteiger charge is -2.18. The molecule has 2 aromatic rings. The van der Waals surface area contributed by atoms with Crippen LogP contribution in [0.15, 0.2) is 60.7 Å². The number of ether oxygens (including phenoxy) is 1. The maximum absolute atomic E-state index is 13.8. The number of fused-ring (bicyclic) bond motifs is 5. The van der Waals surface area contributed by atoms with Crippen LogP contribution in [0.3, 0.4) is 0 Å². The molecule has 0 spiro atoms. The third kappa shape index (κ3) is 2.41. The van der Waals surface area contributed by atoms with Crippen molar-refractivity contribution in [2.45, 2.75) is 6.42 Å². The van der Waals surface area contributed by atoms with E-state index < -0.39 is 11.8 Å². The van der Waals surface area contributed by atoms with Gasteiger partial charge in [0.05, 0.1) is 23.1 Å². The van der Waals surface area contributed by atoms with Crippen LogP contribution < -0.4 is 9.64 Å². The smallest absolute Gasteiger partial charge is 0.346 e. The predicted octanol–water partition coefficient (Wildman–Crippen LogP) is 3.36. The number of rotatable bonds is 3. The number of carbonyl (C=O) groups excluding carboxylic acids is 3. The van der Waals surface area contributed by atoms with Crippen LogP contribution in [0, 0.1) is 29.5 Å². The molecule has 3 aliphatic rings. The summed E-state index contributed by atoms with van der Waals surface area (Å²) in [5, 5.41) is 0. The molecule has 1 saturated carbocycles. The Labute approximate surface area is 160 Å². The summed E-state index contributed by atoms with van der Waals surface area (Å²) in [6.07, 6.45) is 4.93. The molecule has 1 aliphatic heterocycles. The number of esters is 1. The van der Waals surface area contributed by atoms with E-state index in [4.69, 9.17) is 4.74 Å². The van der Waals surface area contributed by atoms with Crippen molar-refractivity contribution in [2.75, 3.05) is 4.90 Å². The van der Waals surface area contributed by atoms with Crippen molar-refractivity contribution in [3.63, 3.8) is 0 Å². The SMILES string of the molecule is O=C(Oc1cccc(N2C(=O)[C@@H]3[C@@H](C2=O)[C@H]2C=C[C@H]3C2)c1)c1ccccc1F. The lowest BCUT2D eigenvalue weighted by molar-refractivity contribution is -0.123. The second kappa shape index (κ2) is 6.12. The van der Waals surface area contributed by atoms with E-state index in [9.17, 15) is 18.8 Å². The van der Waals surface area contributed by atoms with Gasteiger partial charge in [0.25, 0.3) is 0 Å².